The van der Waals surface area contributed by atoms with Crippen LogP contribution in [0.5, 0.6) is 0 Å². The average Bonchev–Trinajstić information content (AvgIpc) is 3.40. The molecule has 0 atom stereocenters. The zero-order chi connectivity index (χ0) is 26.6. The molecule has 2 fully saturated rings. The average molecular weight is 504 g/mol. The Morgan fingerprint density at radius 2 is 1.76 bits per heavy atom. The first-order chi connectivity index (χ1) is 17.9. The van der Waals surface area contributed by atoms with Crippen molar-refractivity contribution < 1.29 is 4.79 Å². The molecule has 0 radical (unpaired) electrons. The van der Waals surface area contributed by atoms with E-state index in [9.17, 15) is 4.79 Å². The zero-order valence-corrected chi connectivity index (χ0v) is 23.4. The number of rotatable bonds is 9. The Hall–Kier alpha value is -3.12. The predicted octanol–water partition coefficient (Wildman–Crippen LogP) is 5.88. The molecular weight excluding hydrogens is 458 g/mol. The Morgan fingerprint density at radius 1 is 1.03 bits per heavy atom. The molecule has 0 aromatic carbocycles. The van der Waals surface area contributed by atoms with Crippen LogP contribution in [0.25, 0.3) is 11.1 Å². The molecular formula is C31H45N5O. The lowest BCUT2D eigenvalue weighted by atomic mass is 9.95. The van der Waals surface area contributed by atoms with E-state index in [1.165, 1.54) is 25.0 Å². The molecule has 3 rings (SSSR count). The van der Waals surface area contributed by atoms with Crippen LogP contribution >= 0.6 is 0 Å². The van der Waals surface area contributed by atoms with Gasteiger partial charge in [0.2, 0.25) is 5.91 Å². The lowest BCUT2D eigenvalue weighted by molar-refractivity contribution is -0.118. The summed E-state index contributed by atoms with van der Waals surface area (Å²) in [5.41, 5.74) is 5.73. The van der Waals surface area contributed by atoms with E-state index in [2.05, 4.69) is 76.6 Å². The summed E-state index contributed by atoms with van der Waals surface area (Å²) in [5.74, 6) is 0.0136. The van der Waals surface area contributed by atoms with Gasteiger partial charge >= 0.3 is 0 Å². The molecule has 1 saturated heterocycles. The lowest BCUT2D eigenvalue weighted by Gasteiger charge is -2.34. The number of piperazine rings is 1. The first-order valence-corrected chi connectivity index (χ1v) is 13.7. The van der Waals surface area contributed by atoms with Crippen molar-refractivity contribution in [3.8, 4) is 0 Å². The van der Waals surface area contributed by atoms with Crippen molar-refractivity contribution in [2.45, 2.75) is 65.8 Å². The molecule has 1 aliphatic heterocycles. The van der Waals surface area contributed by atoms with Gasteiger partial charge in [0.25, 0.3) is 0 Å². The van der Waals surface area contributed by atoms with Crippen LogP contribution in [0.3, 0.4) is 0 Å². The molecule has 0 spiro atoms. The lowest BCUT2D eigenvalue weighted by Crippen LogP contribution is -2.43. The van der Waals surface area contributed by atoms with Crippen LogP contribution in [-0.2, 0) is 4.79 Å². The number of nitrogens with one attached hydrogen (secondary N) is 2. The van der Waals surface area contributed by atoms with Crippen LogP contribution in [0.2, 0.25) is 0 Å². The van der Waals surface area contributed by atoms with Gasteiger partial charge in [-0.2, -0.15) is 5.10 Å². The third-order valence-electron chi connectivity index (χ3n) is 7.14. The molecule has 1 aliphatic carbocycles. The van der Waals surface area contributed by atoms with Gasteiger partial charge < -0.3 is 15.1 Å². The Kier molecular flexibility index (Phi) is 11.2. The summed E-state index contributed by atoms with van der Waals surface area (Å²) in [6.45, 7) is 12.2. The van der Waals surface area contributed by atoms with Crippen molar-refractivity contribution in [3.63, 3.8) is 0 Å². The molecule has 0 unspecified atom stereocenters. The van der Waals surface area contributed by atoms with Crippen LogP contribution in [-0.4, -0.2) is 65.2 Å². The van der Waals surface area contributed by atoms with Crippen molar-refractivity contribution in [1.82, 2.24) is 25.3 Å². The van der Waals surface area contributed by atoms with Gasteiger partial charge in [-0.1, -0.05) is 49.6 Å². The number of aromatic amines is 1. The molecule has 2 heterocycles. The minimum Gasteiger partial charge on any atom is -0.369 e. The number of carbonyl (C=O) groups is 1. The normalized spacial score (nSPS) is 19.9. The number of aromatic nitrogens is 2. The fraction of sp³-hybridized carbons (Fsp3) is 0.484. The summed E-state index contributed by atoms with van der Waals surface area (Å²) in [6, 6.07) is 2.36. The summed E-state index contributed by atoms with van der Waals surface area (Å²) in [5, 5.41) is 11.0. The van der Waals surface area contributed by atoms with E-state index in [0.717, 1.165) is 61.6 Å². The van der Waals surface area contributed by atoms with Crippen LogP contribution in [0.4, 0.5) is 0 Å². The van der Waals surface area contributed by atoms with Crippen molar-refractivity contribution in [3.05, 3.63) is 77.3 Å². The maximum atomic E-state index is 12.8. The summed E-state index contributed by atoms with van der Waals surface area (Å²) in [6.07, 6.45) is 22.4. The molecule has 1 amide bonds. The number of nitrogens with zero attached hydrogens (tertiary/aromatic N) is 3. The number of carbonyl (C=O) groups excluding carboxylic acids is 1. The third-order valence-corrected chi connectivity index (χ3v) is 7.14. The number of hydrogen-bond acceptors (Lipinski definition) is 4. The highest BCUT2D eigenvalue weighted by atomic mass is 16.1. The minimum absolute atomic E-state index is 0.0136. The standard InChI is InChI=1S/C31H45N5O/c1-6-8-13-26(22-25(4)31(37)32-27-14-10-9-11-15-27)30-23-29(33-34-30)24(3)16-17-28(12-7-2)36-20-18-35(5)19-21-36/h6-8,12-13,16-17,22-23,27H,9-11,14-15,18-21H2,1-5H3,(H,32,37)(H,33,34)/b8-6-,12-7-,24-16+,25-22+,26-13+,28-17+. The van der Waals surface area contributed by atoms with Gasteiger partial charge in [-0.25, -0.2) is 0 Å². The van der Waals surface area contributed by atoms with Gasteiger partial charge in [-0.15, -0.1) is 0 Å². The molecule has 2 N–H and O–H groups in total. The molecule has 1 aromatic heterocycles. The largest absolute Gasteiger partial charge is 0.369 e. The molecule has 2 aliphatic rings. The van der Waals surface area contributed by atoms with E-state index in [4.69, 9.17) is 0 Å². The van der Waals surface area contributed by atoms with Gasteiger partial charge in [0, 0.05) is 43.5 Å². The van der Waals surface area contributed by atoms with E-state index in [1.54, 1.807) is 0 Å². The second-order valence-electron chi connectivity index (χ2n) is 10.2. The maximum absolute atomic E-state index is 12.8. The number of hydrogen-bond donors (Lipinski definition) is 2. The quantitative estimate of drug-likeness (QED) is 0.327. The second-order valence-corrected chi connectivity index (χ2v) is 10.2. The van der Waals surface area contributed by atoms with Gasteiger partial charge in [0.05, 0.1) is 11.4 Å². The predicted molar refractivity (Wildman–Crippen MR) is 156 cm³/mol. The number of allylic oxidation sites excluding steroid dienone is 10. The van der Waals surface area contributed by atoms with Gasteiger partial charge in [0.1, 0.15) is 0 Å². The van der Waals surface area contributed by atoms with Crippen LogP contribution in [0.1, 0.15) is 71.2 Å². The molecule has 0 bridgehead atoms. The second kappa shape index (κ2) is 14.6. The summed E-state index contributed by atoms with van der Waals surface area (Å²) in [7, 11) is 2.18. The molecule has 37 heavy (non-hydrogen) atoms. The summed E-state index contributed by atoms with van der Waals surface area (Å²) in [4.78, 5) is 17.6. The Morgan fingerprint density at radius 3 is 2.43 bits per heavy atom. The third kappa shape index (κ3) is 8.74. The van der Waals surface area contributed by atoms with E-state index < -0.39 is 0 Å². The topological polar surface area (TPSA) is 64.3 Å². The fourth-order valence-electron chi connectivity index (χ4n) is 4.73. The van der Waals surface area contributed by atoms with Crippen molar-refractivity contribution in [1.29, 1.82) is 0 Å². The minimum atomic E-state index is 0.0136. The summed E-state index contributed by atoms with van der Waals surface area (Å²) >= 11 is 0. The van der Waals surface area contributed by atoms with E-state index in [0.29, 0.717) is 11.6 Å². The highest BCUT2D eigenvalue weighted by molar-refractivity contribution is 5.96. The van der Waals surface area contributed by atoms with Crippen molar-refractivity contribution in [2.24, 2.45) is 0 Å². The van der Waals surface area contributed by atoms with Crippen LogP contribution < -0.4 is 5.32 Å². The zero-order valence-electron chi connectivity index (χ0n) is 23.4. The SMILES string of the molecule is C\C=C/C=C(\C=C(/C)C(=O)NC1CCCCC1)c1cc(/C(C)=C/C=C(\C=C/C)N2CCN(C)CC2)n[nH]1. The Bertz CT molecular complexity index is 1070. The number of likely N-dealkylation sites (N-methyl/N-ethyl adjacent to an activating group) is 1. The Balaban J connectivity index is 1.76. The highest BCUT2D eigenvalue weighted by Gasteiger charge is 2.17. The van der Waals surface area contributed by atoms with E-state index in [1.807, 2.05) is 38.2 Å². The molecule has 6 nitrogen and oxygen atoms in total. The number of H-pyrrole nitrogens is 1. The maximum Gasteiger partial charge on any atom is 0.247 e. The molecule has 1 aromatic rings. The first-order valence-electron chi connectivity index (χ1n) is 13.7. The molecule has 200 valence electrons. The Labute approximate surface area is 223 Å². The number of amides is 1. The van der Waals surface area contributed by atoms with Crippen molar-refractivity contribution in [2.75, 3.05) is 33.2 Å². The first kappa shape index (κ1) is 28.5. The monoisotopic (exact) mass is 503 g/mol. The van der Waals surface area contributed by atoms with E-state index >= 15 is 0 Å². The highest BCUT2D eigenvalue weighted by Crippen LogP contribution is 2.22. The van der Waals surface area contributed by atoms with Gasteiger partial charge in [0.15, 0.2) is 0 Å². The van der Waals surface area contributed by atoms with Gasteiger partial charge in [-0.05, 0) is 83.0 Å². The van der Waals surface area contributed by atoms with Gasteiger partial charge in [-0.3, -0.25) is 9.89 Å². The molecule has 6 heteroatoms. The van der Waals surface area contributed by atoms with Crippen molar-refractivity contribution >= 4 is 17.1 Å². The fourth-order valence-corrected chi connectivity index (χ4v) is 4.73. The van der Waals surface area contributed by atoms with E-state index in [-0.39, 0.29) is 5.91 Å². The van der Waals surface area contributed by atoms with Crippen LogP contribution in [0, 0.1) is 0 Å². The summed E-state index contributed by atoms with van der Waals surface area (Å²) < 4.78 is 0. The van der Waals surface area contributed by atoms with Crippen LogP contribution in [0.15, 0.2) is 65.9 Å². The smallest absolute Gasteiger partial charge is 0.247 e. The molecule has 1 saturated carbocycles.